The Morgan fingerprint density at radius 3 is 2.58 bits per heavy atom. The molecule has 0 saturated carbocycles. The third-order valence-corrected chi connectivity index (χ3v) is 5.96. The van der Waals surface area contributed by atoms with E-state index in [1.807, 2.05) is 18.2 Å². The average Bonchev–Trinajstić information content (AvgIpc) is 3.24. The van der Waals surface area contributed by atoms with Crippen LogP contribution in [0.2, 0.25) is 0 Å². The van der Waals surface area contributed by atoms with Crippen LogP contribution < -0.4 is 20.1 Å². The minimum Gasteiger partial charge on any atom is -0.454 e. The molecule has 7 heteroatoms. The number of aliphatic imine (C=N–C) groups is 1. The lowest BCUT2D eigenvalue weighted by atomic mass is 9.72. The van der Waals surface area contributed by atoms with Gasteiger partial charge in [-0.3, -0.25) is 0 Å². The third-order valence-electron chi connectivity index (χ3n) is 5.96. The lowest BCUT2D eigenvalue weighted by Crippen LogP contribution is -2.48. The number of fused-ring (bicyclic) bond motifs is 1. The predicted octanol–water partition coefficient (Wildman–Crippen LogP) is 4.15. The van der Waals surface area contributed by atoms with Crippen molar-refractivity contribution < 1.29 is 14.2 Å². The summed E-state index contributed by atoms with van der Waals surface area (Å²) in [6.45, 7) is 8.38. The fourth-order valence-corrected chi connectivity index (χ4v) is 4.28. The fourth-order valence-electron chi connectivity index (χ4n) is 4.28. The summed E-state index contributed by atoms with van der Waals surface area (Å²) in [4.78, 5) is 4.81. The highest BCUT2D eigenvalue weighted by atomic mass is 127. The standard InChI is InChI=1S/C24H31N3O3.HI/c1-3-25-23(26-15-19-8-9-21-22(14-19)30-17-29-21)27-16-24(10-12-28-13-11-24)20-7-5-4-6-18(20)2;/h4-9,14H,3,10-13,15-17H2,1-2H3,(H2,25,26,27);1H. The van der Waals surface area contributed by atoms with Crippen molar-refractivity contribution in [2.24, 2.45) is 4.99 Å². The van der Waals surface area contributed by atoms with Gasteiger partial charge in [0.05, 0.1) is 6.54 Å². The van der Waals surface area contributed by atoms with Gasteiger partial charge in [-0.1, -0.05) is 30.3 Å². The molecule has 2 N–H and O–H groups in total. The van der Waals surface area contributed by atoms with E-state index in [1.165, 1.54) is 11.1 Å². The number of hydrogen-bond donors (Lipinski definition) is 2. The van der Waals surface area contributed by atoms with E-state index in [9.17, 15) is 0 Å². The molecule has 0 amide bonds. The van der Waals surface area contributed by atoms with Crippen molar-refractivity contribution in [3.05, 3.63) is 59.2 Å². The summed E-state index contributed by atoms with van der Waals surface area (Å²) in [5, 5.41) is 6.99. The number of ether oxygens (including phenoxy) is 3. The number of halogens is 1. The molecule has 0 spiro atoms. The summed E-state index contributed by atoms with van der Waals surface area (Å²) in [6, 6.07) is 14.7. The minimum atomic E-state index is 0. The molecule has 2 aromatic rings. The molecule has 2 aliphatic rings. The van der Waals surface area contributed by atoms with Crippen LogP contribution in [0.1, 0.15) is 36.5 Å². The summed E-state index contributed by atoms with van der Waals surface area (Å²) in [7, 11) is 0. The largest absolute Gasteiger partial charge is 0.454 e. The van der Waals surface area contributed by atoms with Crippen molar-refractivity contribution in [1.29, 1.82) is 0 Å². The SMILES string of the molecule is CCNC(=NCc1ccc2c(c1)OCO2)NCC1(c2ccccc2C)CCOCC1.I. The first-order valence-electron chi connectivity index (χ1n) is 10.7. The first kappa shape index (κ1) is 23.7. The van der Waals surface area contributed by atoms with E-state index in [1.54, 1.807) is 0 Å². The molecule has 31 heavy (non-hydrogen) atoms. The van der Waals surface area contributed by atoms with Gasteiger partial charge in [0.15, 0.2) is 17.5 Å². The van der Waals surface area contributed by atoms with E-state index in [0.29, 0.717) is 6.54 Å². The zero-order chi connectivity index (χ0) is 20.8. The molecule has 0 unspecified atom stereocenters. The first-order chi connectivity index (χ1) is 14.7. The van der Waals surface area contributed by atoms with Gasteiger partial charge in [-0.05, 0) is 55.5 Å². The lowest BCUT2D eigenvalue weighted by molar-refractivity contribution is 0.0512. The van der Waals surface area contributed by atoms with E-state index >= 15 is 0 Å². The molecule has 0 aliphatic carbocycles. The Bertz CT molecular complexity index is 897. The summed E-state index contributed by atoms with van der Waals surface area (Å²) in [5.74, 6) is 2.42. The molecule has 0 radical (unpaired) electrons. The number of benzene rings is 2. The van der Waals surface area contributed by atoms with E-state index in [4.69, 9.17) is 19.2 Å². The summed E-state index contributed by atoms with van der Waals surface area (Å²) in [5.41, 5.74) is 3.89. The maximum absolute atomic E-state index is 5.69. The average molecular weight is 537 g/mol. The Balaban J connectivity index is 0.00000272. The number of hydrogen-bond acceptors (Lipinski definition) is 4. The van der Waals surface area contributed by atoms with E-state index in [2.05, 4.69) is 48.7 Å². The molecule has 1 fully saturated rings. The van der Waals surface area contributed by atoms with Crippen LogP contribution in [0.25, 0.3) is 0 Å². The Morgan fingerprint density at radius 1 is 1.03 bits per heavy atom. The van der Waals surface area contributed by atoms with Crippen LogP contribution in [-0.4, -0.2) is 39.1 Å². The van der Waals surface area contributed by atoms with Gasteiger partial charge in [0, 0.05) is 31.7 Å². The van der Waals surface area contributed by atoms with Gasteiger partial charge < -0.3 is 24.8 Å². The van der Waals surface area contributed by atoms with Crippen molar-refractivity contribution in [3.63, 3.8) is 0 Å². The smallest absolute Gasteiger partial charge is 0.231 e. The number of nitrogens with zero attached hydrogens (tertiary/aromatic N) is 1. The van der Waals surface area contributed by atoms with Crippen molar-refractivity contribution >= 4 is 29.9 Å². The van der Waals surface area contributed by atoms with E-state index < -0.39 is 0 Å². The Morgan fingerprint density at radius 2 is 1.81 bits per heavy atom. The van der Waals surface area contributed by atoms with Gasteiger partial charge >= 0.3 is 0 Å². The van der Waals surface area contributed by atoms with Gasteiger partial charge in [0.2, 0.25) is 6.79 Å². The molecule has 4 rings (SSSR count). The molecule has 2 aromatic carbocycles. The zero-order valence-electron chi connectivity index (χ0n) is 18.3. The quantitative estimate of drug-likeness (QED) is 0.330. The molecule has 0 aromatic heterocycles. The lowest BCUT2D eigenvalue weighted by Gasteiger charge is -2.39. The Kier molecular flexibility index (Phi) is 8.43. The highest BCUT2D eigenvalue weighted by Crippen LogP contribution is 2.36. The molecule has 168 valence electrons. The Labute approximate surface area is 201 Å². The summed E-state index contributed by atoms with van der Waals surface area (Å²) < 4.78 is 16.6. The van der Waals surface area contributed by atoms with Crippen molar-refractivity contribution in [2.45, 2.75) is 38.6 Å². The van der Waals surface area contributed by atoms with Gasteiger partial charge in [-0.2, -0.15) is 0 Å². The van der Waals surface area contributed by atoms with Crippen LogP contribution in [0.15, 0.2) is 47.5 Å². The molecular weight excluding hydrogens is 505 g/mol. The fraction of sp³-hybridized carbons (Fsp3) is 0.458. The maximum Gasteiger partial charge on any atom is 0.231 e. The minimum absolute atomic E-state index is 0. The van der Waals surface area contributed by atoms with Gasteiger partial charge in [-0.15, -0.1) is 24.0 Å². The summed E-state index contributed by atoms with van der Waals surface area (Å²) >= 11 is 0. The van der Waals surface area contributed by atoms with Crippen LogP contribution in [0, 0.1) is 6.92 Å². The molecule has 1 saturated heterocycles. The normalized spacial score (nSPS) is 17.0. The van der Waals surface area contributed by atoms with Crippen molar-refractivity contribution in [3.8, 4) is 11.5 Å². The van der Waals surface area contributed by atoms with Crippen molar-refractivity contribution in [1.82, 2.24) is 10.6 Å². The topological polar surface area (TPSA) is 64.1 Å². The molecular formula is C24H32IN3O3. The molecule has 0 bridgehead atoms. The molecule has 0 atom stereocenters. The van der Waals surface area contributed by atoms with E-state index in [0.717, 1.165) is 62.2 Å². The summed E-state index contributed by atoms with van der Waals surface area (Å²) in [6.07, 6.45) is 2.01. The molecule has 2 heterocycles. The Hall–Kier alpha value is -2.00. The number of nitrogens with one attached hydrogen (secondary N) is 2. The van der Waals surface area contributed by atoms with Gasteiger partial charge in [0.1, 0.15) is 0 Å². The van der Waals surface area contributed by atoms with Crippen LogP contribution in [0.5, 0.6) is 11.5 Å². The predicted molar refractivity (Wildman–Crippen MR) is 134 cm³/mol. The first-order valence-corrected chi connectivity index (χ1v) is 10.7. The van der Waals surface area contributed by atoms with Crippen LogP contribution >= 0.6 is 24.0 Å². The van der Waals surface area contributed by atoms with Gasteiger partial charge in [-0.25, -0.2) is 4.99 Å². The number of rotatable bonds is 6. The van der Waals surface area contributed by atoms with Gasteiger partial charge in [0.25, 0.3) is 0 Å². The molecule has 2 aliphatic heterocycles. The molecule has 6 nitrogen and oxygen atoms in total. The number of guanidine groups is 1. The third kappa shape index (κ3) is 5.63. The van der Waals surface area contributed by atoms with Crippen LogP contribution in [0.3, 0.4) is 0 Å². The monoisotopic (exact) mass is 537 g/mol. The second-order valence-electron chi connectivity index (χ2n) is 7.94. The second-order valence-corrected chi connectivity index (χ2v) is 7.94. The van der Waals surface area contributed by atoms with Crippen LogP contribution in [-0.2, 0) is 16.7 Å². The van der Waals surface area contributed by atoms with Crippen molar-refractivity contribution in [2.75, 3.05) is 33.1 Å². The number of aryl methyl sites for hydroxylation is 1. The maximum atomic E-state index is 5.69. The van der Waals surface area contributed by atoms with E-state index in [-0.39, 0.29) is 36.2 Å². The second kappa shape index (κ2) is 11.0. The van der Waals surface area contributed by atoms with Crippen LogP contribution in [0.4, 0.5) is 0 Å². The highest BCUT2D eigenvalue weighted by Gasteiger charge is 2.35. The highest BCUT2D eigenvalue weighted by molar-refractivity contribution is 14.0. The zero-order valence-corrected chi connectivity index (χ0v) is 20.6.